The van der Waals surface area contributed by atoms with Crippen LogP contribution in [0.4, 0.5) is 5.95 Å². The van der Waals surface area contributed by atoms with Gasteiger partial charge in [0, 0.05) is 24.1 Å². The molecule has 1 aromatic carbocycles. The summed E-state index contributed by atoms with van der Waals surface area (Å²) in [6.07, 6.45) is 3.55. The molecule has 0 spiro atoms. The molecule has 4 rings (SSSR count). The third-order valence-electron chi connectivity index (χ3n) is 5.11. The van der Waals surface area contributed by atoms with E-state index in [-0.39, 0.29) is 11.8 Å². The van der Waals surface area contributed by atoms with Crippen molar-refractivity contribution in [3.05, 3.63) is 58.8 Å². The van der Waals surface area contributed by atoms with Gasteiger partial charge >= 0.3 is 0 Å². The van der Waals surface area contributed by atoms with Gasteiger partial charge in [-0.15, -0.1) is 0 Å². The molecule has 3 aromatic rings. The Hall–Kier alpha value is -3.27. The molecular formula is C21H22BrN7O2. The first-order chi connectivity index (χ1) is 15.0. The zero-order valence-electron chi connectivity index (χ0n) is 17.1. The first-order valence-electron chi connectivity index (χ1n) is 9.92. The number of hydrogen-bond donors (Lipinski definition) is 1. The average molecular weight is 484 g/mol. The van der Waals surface area contributed by atoms with E-state index in [2.05, 4.69) is 48.0 Å². The van der Waals surface area contributed by atoms with Crippen LogP contribution in [0, 0.1) is 6.92 Å². The van der Waals surface area contributed by atoms with Crippen molar-refractivity contribution in [2.24, 2.45) is 0 Å². The Morgan fingerprint density at radius 3 is 2.84 bits per heavy atom. The van der Waals surface area contributed by atoms with Gasteiger partial charge in [0.15, 0.2) is 0 Å². The van der Waals surface area contributed by atoms with E-state index < -0.39 is 0 Å². The summed E-state index contributed by atoms with van der Waals surface area (Å²) < 4.78 is 2.78. The van der Waals surface area contributed by atoms with Crippen LogP contribution in [0.1, 0.15) is 22.5 Å². The van der Waals surface area contributed by atoms with E-state index in [9.17, 15) is 9.59 Å². The van der Waals surface area contributed by atoms with Crippen molar-refractivity contribution >= 4 is 44.7 Å². The molecule has 1 saturated heterocycles. The lowest BCUT2D eigenvalue weighted by Crippen LogP contribution is -2.40. The van der Waals surface area contributed by atoms with Gasteiger partial charge in [0.1, 0.15) is 5.52 Å². The first kappa shape index (κ1) is 21.0. The number of amides is 2. The van der Waals surface area contributed by atoms with E-state index in [1.165, 1.54) is 12.3 Å². The summed E-state index contributed by atoms with van der Waals surface area (Å²) >= 11 is 3.62. The van der Waals surface area contributed by atoms with Gasteiger partial charge in [0.25, 0.3) is 5.91 Å². The monoisotopic (exact) mass is 483 g/mol. The van der Waals surface area contributed by atoms with Gasteiger partial charge in [-0.2, -0.15) is 10.2 Å². The Labute approximate surface area is 187 Å². The Kier molecular flexibility index (Phi) is 5.99. The van der Waals surface area contributed by atoms with E-state index in [0.29, 0.717) is 43.4 Å². The maximum absolute atomic E-state index is 12.9. The summed E-state index contributed by atoms with van der Waals surface area (Å²) in [7, 11) is 0. The molecule has 1 fully saturated rings. The normalized spacial score (nSPS) is 14.4. The molecule has 2 aromatic heterocycles. The van der Waals surface area contributed by atoms with Crippen LogP contribution >= 0.6 is 15.9 Å². The molecule has 2 amide bonds. The topological polar surface area (TPSA) is 96.2 Å². The van der Waals surface area contributed by atoms with Gasteiger partial charge in [-0.1, -0.05) is 12.6 Å². The fourth-order valence-corrected chi connectivity index (χ4v) is 4.18. The standard InChI is InChI=1S/C21H22BrN7O2/c1-3-18(30)27-8-5-9-28(11-10-27)29-19-16(22)6-4-7-17(19)24-21(29)25-20(31)15-12-14(2)26-23-13-15/h3-4,6-7,12-13H,1,5,8-11H2,2H3,(H,24,25,31). The molecule has 9 nitrogen and oxygen atoms in total. The molecular weight excluding hydrogens is 462 g/mol. The number of para-hydroxylation sites is 1. The molecule has 1 aliphatic rings. The van der Waals surface area contributed by atoms with Crippen LogP contribution in [0.2, 0.25) is 0 Å². The van der Waals surface area contributed by atoms with Gasteiger partial charge in [-0.3, -0.25) is 14.9 Å². The number of fused-ring (bicyclic) bond motifs is 1. The van der Waals surface area contributed by atoms with Crippen LogP contribution in [0.25, 0.3) is 11.0 Å². The third-order valence-corrected chi connectivity index (χ3v) is 5.75. The molecule has 3 heterocycles. The summed E-state index contributed by atoms with van der Waals surface area (Å²) in [6, 6.07) is 7.41. The highest BCUT2D eigenvalue weighted by Gasteiger charge is 2.24. The average Bonchev–Trinajstić information content (AvgIpc) is 2.95. The maximum atomic E-state index is 12.9. The predicted octanol–water partition coefficient (Wildman–Crippen LogP) is 2.51. The molecule has 0 radical (unpaired) electrons. The van der Waals surface area contributed by atoms with Gasteiger partial charge in [-0.25, -0.2) is 9.66 Å². The number of aromatic nitrogens is 4. The number of aryl methyl sites for hydroxylation is 1. The second-order valence-electron chi connectivity index (χ2n) is 7.23. The molecule has 0 atom stereocenters. The summed E-state index contributed by atoms with van der Waals surface area (Å²) in [5, 5.41) is 12.8. The highest BCUT2D eigenvalue weighted by molar-refractivity contribution is 9.10. The van der Waals surface area contributed by atoms with Crippen molar-refractivity contribution < 1.29 is 9.59 Å². The zero-order valence-corrected chi connectivity index (χ0v) is 18.7. The fourth-order valence-electron chi connectivity index (χ4n) is 3.65. The van der Waals surface area contributed by atoms with Gasteiger partial charge in [0.05, 0.1) is 29.5 Å². The fraction of sp³-hybridized carbons (Fsp3) is 0.286. The lowest BCUT2D eigenvalue weighted by molar-refractivity contribution is -0.125. The number of benzene rings is 1. The van der Waals surface area contributed by atoms with Gasteiger partial charge in [0.2, 0.25) is 11.9 Å². The zero-order chi connectivity index (χ0) is 22.0. The van der Waals surface area contributed by atoms with E-state index in [0.717, 1.165) is 21.9 Å². The molecule has 0 aliphatic carbocycles. The minimum Gasteiger partial charge on any atom is -0.337 e. The first-order valence-corrected chi connectivity index (χ1v) is 10.7. The molecule has 160 valence electrons. The Morgan fingerprint density at radius 1 is 1.23 bits per heavy atom. The van der Waals surface area contributed by atoms with Crippen molar-refractivity contribution in [3.8, 4) is 0 Å². The number of carbonyl (C=O) groups excluding carboxylic acids is 2. The van der Waals surface area contributed by atoms with Crippen molar-refractivity contribution in [3.63, 3.8) is 0 Å². The Morgan fingerprint density at radius 2 is 2.06 bits per heavy atom. The lowest BCUT2D eigenvalue weighted by atomic mass is 10.2. The van der Waals surface area contributed by atoms with E-state index in [1.54, 1.807) is 17.9 Å². The van der Waals surface area contributed by atoms with Crippen LogP contribution in [0.3, 0.4) is 0 Å². The largest absolute Gasteiger partial charge is 0.337 e. The number of carbonyl (C=O) groups is 2. The number of nitrogens with one attached hydrogen (secondary N) is 1. The molecule has 0 saturated carbocycles. The molecule has 1 N–H and O–H groups in total. The summed E-state index contributed by atoms with van der Waals surface area (Å²) in [5.74, 6) is 0.0152. The number of nitrogens with zero attached hydrogens (tertiary/aromatic N) is 6. The maximum Gasteiger partial charge on any atom is 0.259 e. The minimum atomic E-state index is -0.316. The Balaban J connectivity index is 1.71. The Bertz CT molecular complexity index is 1160. The highest BCUT2D eigenvalue weighted by atomic mass is 79.9. The van der Waals surface area contributed by atoms with Crippen LogP contribution in [-0.4, -0.2) is 62.8 Å². The van der Waals surface area contributed by atoms with E-state index in [4.69, 9.17) is 0 Å². The van der Waals surface area contributed by atoms with Crippen LogP contribution in [-0.2, 0) is 4.79 Å². The van der Waals surface area contributed by atoms with Crippen LogP contribution < -0.4 is 10.3 Å². The van der Waals surface area contributed by atoms with E-state index in [1.807, 2.05) is 22.9 Å². The highest BCUT2D eigenvalue weighted by Crippen LogP contribution is 2.28. The second-order valence-corrected chi connectivity index (χ2v) is 8.09. The SMILES string of the molecule is C=CC(=O)N1CCCN(n2c(NC(=O)c3cnnc(C)c3)nc3cccc(Br)c32)CC1. The number of halogens is 1. The summed E-state index contributed by atoms with van der Waals surface area (Å²) in [6.45, 7) is 7.86. The van der Waals surface area contributed by atoms with Gasteiger partial charge < -0.3 is 9.91 Å². The predicted molar refractivity (Wildman–Crippen MR) is 122 cm³/mol. The number of anilines is 1. The molecule has 31 heavy (non-hydrogen) atoms. The van der Waals surface area contributed by atoms with Crippen LogP contribution in [0.5, 0.6) is 0 Å². The van der Waals surface area contributed by atoms with Crippen molar-refractivity contribution in [2.45, 2.75) is 13.3 Å². The lowest BCUT2D eigenvalue weighted by Gasteiger charge is -2.27. The van der Waals surface area contributed by atoms with Gasteiger partial charge in [-0.05, 0) is 53.5 Å². The quantitative estimate of drug-likeness (QED) is 0.572. The summed E-state index contributed by atoms with van der Waals surface area (Å²) in [5.41, 5.74) is 2.66. The number of rotatable bonds is 4. The number of imidazole rings is 1. The smallest absolute Gasteiger partial charge is 0.259 e. The van der Waals surface area contributed by atoms with Crippen LogP contribution in [0.15, 0.2) is 47.6 Å². The molecule has 0 bridgehead atoms. The van der Waals surface area contributed by atoms with Crippen molar-refractivity contribution in [1.82, 2.24) is 24.8 Å². The van der Waals surface area contributed by atoms with Crippen molar-refractivity contribution in [2.75, 3.05) is 36.5 Å². The summed E-state index contributed by atoms with van der Waals surface area (Å²) in [4.78, 5) is 31.4. The molecule has 10 heteroatoms. The minimum absolute atomic E-state index is 0.0763. The molecule has 0 unspecified atom stereocenters. The molecule has 1 aliphatic heterocycles. The number of hydrogen-bond acceptors (Lipinski definition) is 6. The van der Waals surface area contributed by atoms with Crippen molar-refractivity contribution in [1.29, 1.82) is 0 Å². The second kappa shape index (κ2) is 8.84. The third kappa shape index (κ3) is 4.29. The van der Waals surface area contributed by atoms with E-state index >= 15 is 0 Å².